The Morgan fingerprint density at radius 2 is 1.81 bits per heavy atom. The van der Waals surface area contributed by atoms with Gasteiger partial charge in [-0.3, -0.25) is 4.79 Å². The molecule has 8 nitrogen and oxygen atoms in total. The molecule has 1 aliphatic rings. The number of aromatic nitrogens is 5. The first-order valence-electron chi connectivity index (χ1n) is 9.95. The van der Waals surface area contributed by atoms with E-state index >= 15 is 0 Å². The van der Waals surface area contributed by atoms with Crippen molar-refractivity contribution in [3.63, 3.8) is 0 Å². The molecule has 152 valence electrons. The van der Waals surface area contributed by atoms with E-state index in [1.54, 1.807) is 21.5 Å². The quantitative estimate of drug-likeness (QED) is 0.454. The van der Waals surface area contributed by atoms with Crippen LogP contribution in [0.5, 0.6) is 11.5 Å². The first kappa shape index (κ1) is 17.6. The zero-order valence-corrected chi connectivity index (χ0v) is 16.4. The molecule has 3 aromatic heterocycles. The average Bonchev–Trinajstić information content (AvgIpc) is 3.26. The second kappa shape index (κ2) is 6.94. The lowest BCUT2D eigenvalue weighted by Gasteiger charge is -2.18. The topological polar surface area (TPSA) is 83.5 Å². The number of hydrogen-bond donors (Lipinski definition) is 0. The number of rotatable bonds is 3. The van der Waals surface area contributed by atoms with Crippen LogP contribution >= 0.6 is 0 Å². The van der Waals surface area contributed by atoms with Crippen molar-refractivity contribution in [2.45, 2.75) is 6.54 Å². The van der Waals surface area contributed by atoms with Crippen LogP contribution in [0.15, 0.2) is 71.8 Å². The van der Waals surface area contributed by atoms with Crippen molar-refractivity contribution in [3.05, 3.63) is 82.9 Å². The summed E-state index contributed by atoms with van der Waals surface area (Å²) in [6.07, 6.45) is 3.35. The molecule has 5 aromatic rings. The van der Waals surface area contributed by atoms with Gasteiger partial charge in [-0.25, -0.2) is 4.98 Å². The molecule has 0 atom stereocenters. The van der Waals surface area contributed by atoms with E-state index in [9.17, 15) is 4.79 Å². The maximum Gasteiger partial charge on any atom is 0.261 e. The van der Waals surface area contributed by atoms with Crippen molar-refractivity contribution >= 4 is 16.7 Å². The second-order valence-corrected chi connectivity index (χ2v) is 7.30. The summed E-state index contributed by atoms with van der Waals surface area (Å²) in [5, 5.41) is 5.10. The minimum atomic E-state index is -0.118. The molecule has 0 bridgehead atoms. The number of pyridine rings is 1. The van der Waals surface area contributed by atoms with Crippen LogP contribution in [0.1, 0.15) is 5.56 Å². The molecular weight excluding hydrogens is 394 g/mol. The smallest absolute Gasteiger partial charge is 0.261 e. The first-order chi connectivity index (χ1) is 15.3. The van der Waals surface area contributed by atoms with Crippen LogP contribution in [0.4, 0.5) is 0 Å². The van der Waals surface area contributed by atoms with Gasteiger partial charge < -0.3 is 14.0 Å². The van der Waals surface area contributed by atoms with Crippen molar-refractivity contribution < 1.29 is 9.47 Å². The molecule has 4 heterocycles. The largest absolute Gasteiger partial charge is 0.486 e. The van der Waals surface area contributed by atoms with Gasteiger partial charge in [0.15, 0.2) is 17.3 Å². The molecule has 1 aliphatic heterocycles. The zero-order chi connectivity index (χ0) is 20.8. The normalized spacial score (nSPS) is 13.0. The van der Waals surface area contributed by atoms with Gasteiger partial charge in [0.1, 0.15) is 13.2 Å². The molecule has 0 aliphatic carbocycles. The Kier molecular flexibility index (Phi) is 3.95. The number of ether oxygens (including phenoxy) is 2. The van der Waals surface area contributed by atoms with Crippen LogP contribution in [0.2, 0.25) is 0 Å². The summed E-state index contributed by atoms with van der Waals surface area (Å²) < 4.78 is 14.5. The van der Waals surface area contributed by atoms with Crippen molar-refractivity contribution in [1.29, 1.82) is 0 Å². The van der Waals surface area contributed by atoms with Gasteiger partial charge in [0.05, 0.1) is 17.4 Å². The van der Waals surface area contributed by atoms with E-state index in [-0.39, 0.29) is 5.56 Å². The molecule has 0 spiro atoms. The Hall–Kier alpha value is -4.20. The fourth-order valence-electron chi connectivity index (χ4n) is 3.77. The number of hydrogen-bond acceptors (Lipinski definition) is 6. The summed E-state index contributed by atoms with van der Waals surface area (Å²) >= 11 is 0. The van der Waals surface area contributed by atoms with Gasteiger partial charge >= 0.3 is 0 Å². The summed E-state index contributed by atoms with van der Waals surface area (Å²) in [6.45, 7) is 1.54. The highest BCUT2D eigenvalue weighted by atomic mass is 16.6. The lowest BCUT2D eigenvalue weighted by molar-refractivity contribution is 0.171. The molecular formula is C23H17N5O3. The third-order valence-electron chi connectivity index (χ3n) is 5.30. The van der Waals surface area contributed by atoms with E-state index in [4.69, 9.17) is 9.47 Å². The summed E-state index contributed by atoms with van der Waals surface area (Å²) in [5.74, 6) is 2.31. The Bertz CT molecular complexity index is 1490. The lowest BCUT2D eigenvalue weighted by atomic mass is 10.2. The van der Waals surface area contributed by atoms with Crippen LogP contribution in [0, 0.1) is 0 Å². The van der Waals surface area contributed by atoms with Gasteiger partial charge in [0.2, 0.25) is 0 Å². The van der Waals surface area contributed by atoms with Crippen molar-refractivity contribution in [2.24, 2.45) is 0 Å². The Balaban J connectivity index is 1.44. The van der Waals surface area contributed by atoms with E-state index in [1.165, 1.54) is 0 Å². The maximum atomic E-state index is 13.0. The van der Waals surface area contributed by atoms with Crippen LogP contribution in [-0.2, 0) is 6.54 Å². The van der Waals surface area contributed by atoms with E-state index < -0.39 is 0 Å². The summed E-state index contributed by atoms with van der Waals surface area (Å²) in [7, 11) is 0. The SMILES string of the molecule is O=c1c2cnc3nc(-c4ccc5c(c4)OCCO5)nn3c2ccn1Cc1ccccc1. The number of benzene rings is 2. The Labute approximate surface area is 176 Å². The van der Waals surface area contributed by atoms with Gasteiger partial charge in [0.25, 0.3) is 11.3 Å². The summed E-state index contributed by atoms with van der Waals surface area (Å²) in [4.78, 5) is 22.0. The van der Waals surface area contributed by atoms with E-state index in [1.807, 2.05) is 54.6 Å². The predicted molar refractivity (Wildman–Crippen MR) is 115 cm³/mol. The minimum absolute atomic E-state index is 0.118. The standard InChI is InChI=1S/C23H17N5O3/c29-22-17-13-24-23-25-21(16-6-7-19-20(12-16)31-11-10-30-19)26-28(23)18(17)8-9-27(22)14-15-4-2-1-3-5-15/h1-9,12-13H,10-11,14H2. The molecule has 2 aromatic carbocycles. The van der Waals surface area contributed by atoms with E-state index in [0.29, 0.717) is 53.8 Å². The lowest BCUT2D eigenvalue weighted by Crippen LogP contribution is -2.21. The van der Waals surface area contributed by atoms with Crippen molar-refractivity contribution in [2.75, 3.05) is 13.2 Å². The highest BCUT2D eigenvalue weighted by Crippen LogP contribution is 2.33. The molecule has 31 heavy (non-hydrogen) atoms. The zero-order valence-electron chi connectivity index (χ0n) is 16.4. The predicted octanol–water partition coefficient (Wildman–Crippen LogP) is 2.93. The molecule has 0 N–H and O–H groups in total. The Morgan fingerprint density at radius 3 is 2.68 bits per heavy atom. The number of fused-ring (bicyclic) bond motifs is 4. The number of nitrogens with zero attached hydrogens (tertiary/aromatic N) is 5. The van der Waals surface area contributed by atoms with E-state index in [0.717, 1.165) is 11.1 Å². The van der Waals surface area contributed by atoms with Gasteiger partial charge in [-0.1, -0.05) is 30.3 Å². The minimum Gasteiger partial charge on any atom is -0.486 e. The maximum absolute atomic E-state index is 13.0. The van der Waals surface area contributed by atoms with Crippen LogP contribution in [-0.4, -0.2) is 37.4 Å². The molecule has 0 unspecified atom stereocenters. The third-order valence-corrected chi connectivity index (χ3v) is 5.30. The molecule has 0 saturated heterocycles. The van der Waals surface area contributed by atoms with Gasteiger partial charge in [0, 0.05) is 18.0 Å². The summed E-state index contributed by atoms with van der Waals surface area (Å²) in [6, 6.07) is 17.3. The summed E-state index contributed by atoms with van der Waals surface area (Å²) in [5.41, 5.74) is 2.39. The van der Waals surface area contributed by atoms with Crippen molar-refractivity contribution in [3.8, 4) is 22.9 Å². The van der Waals surface area contributed by atoms with E-state index in [2.05, 4.69) is 15.1 Å². The highest BCUT2D eigenvalue weighted by Gasteiger charge is 2.16. The highest BCUT2D eigenvalue weighted by molar-refractivity contribution is 5.79. The van der Waals surface area contributed by atoms with Crippen molar-refractivity contribution in [1.82, 2.24) is 24.1 Å². The van der Waals surface area contributed by atoms with Crippen LogP contribution in [0.25, 0.3) is 28.1 Å². The average molecular weight is 411 g/mol. The molecule has 0 fully saturated rings. The van der Waals surface area contributed by atoms with Gasteiger partial charge in [-0.15, -0.1) is 5.10 Å². The fraction of sp³-hybridized carbons (Fsp3) is 0.130. The Morgan fingerprint density at radius 1 is 0.968 bits per heavy atom. The molecule has 8 heteroatoms. The molecule has 0 saturated carbocycles. The van der Waals surface area contributed by atoms with Crippen LogP contribution < -0.4 is 15.0 Å². The molecule has 6 rings (SSSR count). The molecule has 0 radical (unpaired) electrons. The van der Waals surface area contributed by atoms with Gasteiger partial charge in [-0.05, 0) is 29.8 Å². The fourth-order valence-corrected chi connectivity index (χ4v) is 3.77. The van der Waals surface area contributed by atoms with Gasteiger partial charge in [-0.2, -0.15) is 9.50 Å². The molecule has 0 amide bonds. The third kappa shape index (κ3) is 3.00. The van der Waals surface area contributed by atoms with Crippen LogP contribution in [0.3, 0.4) is 0 Å². The second-order valence-electron chi connectivity index (χ2n) is 7.30. The first-order valence-corrected chi connectivity index (χ1v) is 9.95. The monoisotopic (exact) mass is 411 g/mol.